The van der Waals surface area contributed by atoms with E-state index in [2.05, 4.69) is 10.6 Å². The van der Waals surface area contributed by atoms with Crippen molar-refractivity contribution in [3.8, 4) is 0 Å². The van der Waals surface area contributed by atoms with E-state index in [1.165, 1.54) is 13.8 Å². The molecule has 0 bridgehead atoms. The first-order valence-electron chi connectivity index (χ1n) is 6.85. The Morgan fingerprint density at radius 1 is 1.10 bits per heavy atom. The molecule has 7 nitrogen and oxygen atoms in total. The molecule has 120 valence electrons. The minimum Gasteiger partial charge on any atom is -0.448 e. The molecule has 20 heavy (non-hydrogen) atoms. The molecule has 0 heterocycles. The van der Waals surface area contributed by atoms with Gasteiger partial charge in [0.2, 0.25) is 0 Å². The van der Waals surface area contributed by atoms with E-state index in [1.807, 2.05) is 0 Å². The number of hydrogen-bond acceptors (Lipinski definition) is 6. The first-order chi connectivity index (χ1) is 9.52. The van der Waals surface area contributed by atoms with Gasteiger partial charge in [-0.05, 0) is 19.9 Å². The maximum absolute atomic E-state index is 11.4. The molecule has 0 spiro atoms. The molecule has 1 amide bonds. The van der Waals surface area contributed by atoms with Gasteiger partial charge in [-0.15, -0.1) is 0 Å². The van der Waals surface area contributed by atoms with Gasteiger partial charge >= 0.3 is 13.7 Å². The van der Waals surface area contributed by atoms with Crippen LogP contribution in [0.4, 0.5) is 4.79 Å². The Morgan fingerprint density at radius 3 is 2.45 bits per heavy atom. The summed E-state index contributed by atoms with van der Waals surface area (Å²) in [4.78, 5) is 11.2. The van der Waals surface area contributed by atoms with Gasteiger partial charge in [-0.3, -0.25) is 4.57 Å². The zero-order valence-electron chi connectivity index (χ0n) is 12.6. The molecule has 0 saturated carbocycles. The third-order valence-corrected chi connectivity index (χ3v) is 3.90. The van der Waals surface area contributed by atoms with Crippen molar-refractivity contribution in [1.82, 2.24) is 10.6 Å². The predicted molar refractivity (Wildman–Crippen MR) is 78.2 cm³/mol. The smallest absolute Gasteiger partial charge is 0.407 e. The fraction of sp³-hybridized carbons (Fsp3) is 0.917. The number of ether oxygens (including phenoxy) is 1. The highest BCUT2D eigenvalue weighted by Gasteiger charge is 2.12. The molecule has 0 radical (unpaired) electrons. The highest BCUT2D eigenvalue weighted by molar-refractivity contribution is 7.52. The summed E-state index contributed by atoms with van der Waals surface area (Å²) in [5.74, 6) is 0. The van der Waals surface area contributed by atoms with Gasteiger partial charge in [0.15, 0.2) is 0 Å². The average molecular weight is 310 g/mol. The van der Waals surface area contributed by atoms with Crippen molar-refractivity contribution in [2.24, 2.45) is 0 Å². The lowest BCUT2D eigenvalue weighted by molar-refractivity contribution is 0.147. The number of carbonyl (C=O) groups excluding carboxylic acids is 1. The minimum atomic E-state index is -2.84. The lowest BCUT2D eigenvalue weighted by Crippen LogP contribution is -2.27. The third-order valence-electron chi connectivity index (χ3n) is 2.58. The predicted octanol–water partition coefficient (Wildman–Crippen LogP) is 1.98. The topological polar surface area (TPSA) is 85.9 Å². The van der Waals surface area contributed by atoms with Crippen LogP contribution in [0.25, 0.3) is 0 Å². The Hall–Kier alpha value is -0.620. The van der Waals surface area contributed by atoms with E-state index in [4.69, 9.17) is 13.8 Å². The van der Waals surface area contributed by atoms with Crippen LogP contribution in [0.1, 0.15) is 25.7 Å². The standard InChI is InChI=1S/C12H27N2O5P/c1-13-9-11-18-12(15)14-8-6-4-5-7-10-19-20(3,16)17-2/h13H,4-11H2,1-3H3,(H,14,15). The average Bonchev–Trinajstić information content (AvgIpc) is 2.42. The number of carbonyl (C=O) groups is 1. The second kappa shape index (κ2) is 12.1. The number of unbranched alkanes of at least 4 members (excludes halogenated alkanes) is 3. The Kier molecular flexibility index (Phi) is 11.8. The van der Waals surface area contributed by atoms with Crippen LogP contribution in [0.2, 0.25) is 0 Å². The summed E-state index contributed by atoms with van der Waals surface area (Å²) in [5, 5.41) is 5.57. The van der Waals surface area contributed by atoms with Crippen LogP contribution in [0, 0.1) is 0 Å². The molecular formula is C12H27N2O5P. The number of alkyl carbamates (subject to hydrolysis) is 1. The SMILES string of the molecule is CNCCOC(=O)NCCCCCCOP(C)(=O)OC. The van der Waals surface area contributed by atoms with E-state index in [0.29, 0.717) is 26.3 Å². The molecule has 0 aliphatic heterocycles. The Morgan fingerprint density at radius 2 is 1.80 bits per heavy atom. The molecule has 0 aliphatic carbocycles. The van der Waals surface area contributed by atoms with E-state index < -0.39 is 7.60 Å². The largest absolute Gasteiger partial charge is 0.448 e. The first-order valence-corrected chi connectivity index (χ1v) is 8.84. The van der Waals surface area contributed by atoms with Gasteiger partial charge in [0, 0.05) is 26.9 Å². The summed E-state index contributed by atoms with van der Waals surface area (Å²) in [6, 6.07) is 0. The van der Waals surface area contributed by atoms with Crippen molar-refractivity contribution in [1.29, 1.82) is 0 Å². The molecule has 0 fully saturated rings. The highest BCUT2D eigenvalue weighted by Crippen LogP contribution is 2.42. The van der Waals surface area contributed by atoms with Gasteiger partial charge in [0.1, 0.15) is 6.61 Å². The van der Waals surface area contributed by atoms with E-state index >= 15 is 0 Å². The van der Waals surface area contributed by atoms with Crippen LogP contribution in [0.15, 0.2) is 0 Å². The first kappa shape index (κ1) is 19.4. The molecule has 0 aromatic carbocycles. The van der Waals surface area contributed by atoms with Crippen LogP contribution in [0.5, 0.6) is 0 Å². The Bertz CT molecular complexity index is 302. The Labute approximate surface area is 121 Å². The fourth-order valence-electron chi connectivity index (χ4n) is 1.35. The van der Waals surface area contributed by atoms with Crippen LogP contribution >= 0.6 is 7.60 Å². The van der Waals surface area contributed by atoms with Crippen molar-refractivity contribution in [2.75, 3.05) is 47.1 Å². The zero-order chi connectivity index (χ0) is 15.3. The lowest BCUT2D eigenvalue weighted by Gasteiger charge is -2.10. The third kappa shape index (κ3) is 12.4. The highest BCUT2D eigenvalue weighted by atomic mass is 31.2. The van der Waals surface area contributed by atoms with Crippen molar-refractivity contribution < 1.29 is 23.1 Å². The summed E-state index contributed by atoms with van der Waals surface area (Å²) in [6.45, 7) is 3.51. The van der Waals surface area contributed by atoms with Crippen LogP contribution < -0.4 is 10.6 Å². The quantitative estimate of drug-likeness (QED) is 0.423. The van der Waals surface area contributed by atoms with Gasteiger partial charge < -0.3 is 24.4 Å². The maximum atomic E-state index is 11.4. The van der Waals surface area contributed by atoms with Crippen LogP contribution in [-0.4, -0.2) is 53.2 Å². The summed E-state index contributed by atoms with van der Waals surface area (Å²) in [5.41, 5.74) is 0. The number of amides is 1. The van der Waals surface area contributed by atoms with E-state index in [-0.39, 0.29) is 6.09 Å². The number of nitrogens with one attached hydrogen (secondary N) is 2. The van der Waals surface area contributed by atoms with Crippen molar-refractivity contribution in [3.05, 3.63) is 0 Å². The second-order valence-electron chi connectivity index (χ2n) is 4.37. The molecule has 0 aliphatic rings. The molecule has 0 aromatic heterocycles. The van der Waals surface area contributed by atoms with Crippen molar-refractivity contribution >= 4 is 13.7 Å². The number of hydrogen-bond donors (Lipinski definition) is 2. The molecule has 8 heteroatoms. The van der Waals surface area contributed by atoms with Gasteiger partial charge in [-0.25, -0.2) is 4.79 Å². The number of rotatable bonds is 12. The molecule has 1 atom stereocenters. The molecule has 0 saturated heterocycles. The van der Waals surface area contributed by atoms with E-state index in [9.17, 15) is 9.36 Å². The minimum absolute atomic E-state index is 0.371. The van der Waals surface area contributed by atoms with Crippen LogP contribution in [0.3, 0.4) is 0 Å². The van der Waals surface area contributed by atoms with Gasteiger partial charge in [0.05, 0.1) is 6.61 Å². The monoisotopic (exact) mass is 310 g/mol. The molecule has 0 aromatic rings. The summed E-state index contributed by atoms with van der Waals surface area (Å²) < 4.78 is 26.1. The van der Waals surface area contributed by atoms with E-state index in [0.717, 1.165) is 25.7 Å². The fourth-order valence-corrected chi connectivity index (χ4v) is 1.92. The zero-order valence-corrected chi connectivity index (χ0v) is 13.5. The molecule has 0 rings (SSSR count). The van der Waals surface area contributed by atoms with Crippen molar-refractivity contribution in [3.63, 3.8) is 0 Å². The second-order valence-corrected chi connectivity index (χ2v) is 6.53. The Balaban J connectivity index is 3.28. The van der Waals surface area contributed by atoms with Crippen molar-refractivity contribution in [2.45, 2.75) is 25.7 Å². The van der Waals surface area contributed by atoms with Crippen LogP contribution in [-0.2, 0) is 18.3 Å². The summed E-state index contributed by atoms with van der Waals surface area (Å²) in [6.07, 6.45) is 3.26. The van der Waals surface area contributed by atoms with Gasteiger partial charge in [-0.1, -0.05) is 12.8 Å². The van der Waals surface area contributed by atoms with Gasteiger partial charge in [-0.2, -0.15) is 0 Å². The maximum Gasteiger partial charge on any atom is 0.407 e. The normalized spacial score (nSPS) is 13.8. The molecule has 2 N–H and O–H groups in total. The number of likely N-dealkylation sites (N-methyl/N-ethyl adjacent to an activating group) is 1. The summed E-state index contributed by atoms with van der Waals surface area (Å²) >= 11 is 0. The van der Waals surface area contributed by atoms with E-state index in [1.54, 1.807) is 7.05 Å². The van der Waals surface area contributed by atoms with Gasteiger partial charge in [0.25, 0.3) is 0 Å². The summed E-state index contributed by atoms with van der Waals surface area (Å²) in [7, 11) is 0.338. The molecule has 1 unspecified atom stereocenters. The lowest BCUT2D eigenvalue weighted by atomic mass is 10.2. The molecular weight excluding hydrogens is 283 g/mol.